The first-order valence-electron chi connectivity index (χ1n) is 7.10. The van der Waals surface area contributed by atoms with E-state index in [0.29, 0.717) is 17.7 Å². The molecule has 0 saturated heterocycles. The van der Waals surface area contributed by atoms with Crippen molar-refractivity contribution in [3.05, 3.63) is 33.9 Å². The summed E-state index contributed by atoms with van der Waals surface area (Å²) < 4.78 is 5.14. The van der Waals surface area contributed by atoms with E-state index in [-0.39, 0.29) is 5.69 Å². The van der Waals surface area contributed by atoms with Gasteiger partial charge in [-0.05, 0) is 43.9 Å². The van der Waals surface area contributed by atoms with Crippen molar-refractivity contribution < 1.29 is 9.66 Å². The SMILES string of the molecule is CCCNC(C)C(CC)c1ccc([N+](=O)[O-])c(OC)c1. The highest BCUT2D eigenvalue weighted by Crippen LogP contribution is 2.32. The third-order valence-electron chi connectivity index (χ3n) is 3.59. The maximum absolute atomic E-state index is 10.9. The van der Waals surface area contributed by atoms with Crippen molar-refractivity contribution in [1.82, 2.24) is 5.32 Å². The van der Waals surface area contributed by atoms with E-state index in [1.54, 1.807) is 6.07 Å². The van der Waals surface area contributed by atoms with Crippen LogP contribution in [0.5, 0.6) is 5.75 Å². The van der Waals surface area contributed by atoms with Crippen LogP contribution in [0.25, 0.3) is 0 Å². The van der Waals surface area contributed by atoms with Crippen LogP contribution in [-0.2, 0) is 0 Å². The molecule has 0 amide bonds. The first kappa shape index (κ1) is 16.4. The van der Waals surface area contributed by atoms with Crippen LogP contribution in [0.3, 0.4) is 0 Å². The van der Waals surface area contributed by atoms with Crippen molar-refractivity contribution in [1.29, 1.82) is 0 Å². The van der Waals surface area contributed by atoms with Crippen molar-refractivity contribution in [2.45, 2.75) is 45.6 Å². The van der Waals surface area contributed by atoms with Crippen molar-refractivity contribution in [2.24, 2.45) is 0 Å². The Morgan fingerprint density at radius 1 is 1.40 bits per heavy atom. The van der Waals surface area contributed by atoms with Gasteiger partial charge in [0.2, 0.25) is 0 Å². The highest BCUT2D eigenvalue weighted by atomic mass is 16.6. The average molecular weight is 280 g/mol. The van der Waals surface area contributed by atoms with Crippen molar-refractivity contribution >= 4 is 5.69 Å². The molecule has 0 aliphatic carbocycles. The Hall–Kier alpha value is -1.62. The van der Waals surface area contributed by atoms with E-state index in [0.717, 1.165) is 24.9 Å². The van der Waals surface area contributed by atoms with E-state index in [1.165, 1.54) is 13.2 Å². The largest absolute Gasteiger partial charge is 0.490 e. The van der Waals surface area contributed by atoms with Crippen LogP contribution >= 0.6 is 0 Å². The van der Waals surface area contributed by atoms with E-state index in [9.17, 15) is 10.1 Å². The summed E-state index contributed by atoms with van der Waals surface area (Å²) in [5, 5.41) is 14.4. The monoisotopic (exact) mass is 280 g/mol. The topological polar surface area (TPSA) is 64.4 Å². The van der Waals surface area contributed by atoms with Gasteiger partial charge in [0.1, 0.15) is 0 Å². The van der Waals surface area contributed by atoms with Gasteiger partial charge in [0.15, 0.2) is 5.75 Å². The van der Waals surface area contributed by atoms with Crippen molar-refractivity contribution in [3.8, 4) is 5.75 Å². The van der Waals surface area contributed by atoms with Gasteiger partial charge in [-0.25, -0.2) is 0 Å². The zero-order chi connectivity index (χ0) is 15.1. The normalized spacial score (nSPS) is 13.8. The first-order chi connectivity index (χ1) is 9.54. The number of methoxy groups -OCH3 is 1. The lowest BCUT2D eigenvalue weighted by molar-refractivity contribution is -0.385. The summed E-state index contributed by atoms with van der Waals surface area (Å²) in [6.07, 6.45) is 2.06. The zero-order valence-electron chi connectivity index (χ0n) is 12.7. The van der Waals surface area contributed by atoms with E-state index < -0.39 is 4.92 Å². The molecular weight excluding hydrogens is 256 g/mol. The minimum absolute atomic E-state index is 0.0141. The Balaban J connectivity index is 3.01. The molecule has 0 heterocycles. The fourth-order valence-corrected chi connectivity index (χ4v) is 2.47. The van der Waals surface area contributed by atoms with Crippen LogP contribution in [0.15, 0.2) is 18.2 Å². The molecular formula is C15H24N2O3. The molecule has 0 bridgehead atoms. The number of nitrogens with one attached hydrogen (secondary N) is 1. The fourth-order valence-electron chi connectivity index (χ4n) is 2.47. The Labute approximate surface area is 120 Å². The molecule has 112 valence electrons. The number of nitro groups is 1. The van der Waals surface area contributed by atoms with E-state index in [2.05, 4.69) is 26.1 Å². The molecule has 0 aliphatic heterocycles. The van der Waals surface area contributed by atoms with Gasteiger partial charge in [0, 0.05) is 12.1 Å². The average Bonchev–Trinajstić information content (AvgIpc) is 2.45. The molecule has 1 rings (SSSR count). The van der Waals surface area contributed by atoms with Crippen LogP contribution < -0.4 is 10.1 Å². The molecule has 0 fully saturated rings. The summed E-state index contributed by atoms with van der Waals surface area (Å²) in [7, 11) is 1.46. The molecule has 5 nitrogen and oxygen atoms in total. The second-order valence-corrected chi connectivity index (χ2v) is 4.95. The summed E-state index contributed by atoms with van der Waals surface area (Å²) in [4.78, 5) is 10.5. The zero-order valence-corrected chi connectivity index (χ0v) is 12.7. The van der Waals surface area contributed by atoms with Gasteiger partial charge >= 0.3 is 5.69 Å². The molecule has 0 radical (unpaired) electrons. The Morgan fingerprint density at radius 2 is 2.10 bits per heavy atom. The summed E-state index contributed by atoms with van der Waals surface area (Å²) in [6, 6.07) is 5.48. The molecule has 0 spiro atoms. The number of hydrogen-bond donors (Lipinski definition) is 1. The van der Waals surface area contributed by atoms with Gasteiger partial charge in [0.25, 0.3) is 0 Å². The van der Waals surface area contributed by atoms with Gasteiger partial charge in [-0.2, -0.15) is 0 Å². The standard InChI is InChI=1S/C15H24N2O3/c1-5-9-16-11(3)13(6-2)12-7-8-14(17(18)19)15(10-12)20-4/h7-8,10-11,13,16H,5-6,9H2,1-4H3. The van der Waals surface area contributed by atoms with Crippen molar-refractivity contribution in [2.75, 3.05) is 13.7 Å². The van der Waals surface area contributed by atoms with Gasteiger partial charge in [-0.1, -0.05) is 19.9 Å². The summed E-state index contributed by atoms with van der Waals surface area (Å²) in [5.74, 6) is 0.643. The van der Waals surface area contributed by atoms with Crippen LogP contribution in [0.4, 0.5) is 5.69 Å². The van der Waals surface area contributed by atoms with Gasteiger partial charge < -0.3 is 10.1 Å². The van der Waals surface area contributed by atoms with Gasteiger partial charge in [0.05, 0.1) is 12.0 Å². The first-order valence-corrected chi connectivity index (χ1v) is 7.10. The number of benzene rings is 1. The second-order valence-electron chi connectivity index (χ2n) is 4.95. The Kier molecular flexibility index (Phi) is 6.45. The summed E-state index contributed by atoms with van der Waals surface area (Å²) in [6.45, 7) is 7.39. The molecule has 0 aliphatic rings. The minimum Gasteiger partial charge on any atom is -0.490 e. The van der Waals surface area contributed by atoms with Crippen LogP contribution in [0, 0.1) is 10.1 Å². The summed E-state index contributed by atoms with van der Waals surface area (Å²) >= 11 is 0. The smallest absolute Gasteiger partial charge is 0.310 e. The molecule has 1 aromatic rings. The number of nitro benzene ring substituents is 1. The lowest BCUT2D eigenvalue weighted by Crippen LogP contribution is -2.32. The second kappa shape index (κ2) is 7.85. The Morgan fingerprint density at radius 3 is 2.60 bits per heavy atom. The molecule has 0 saturated carbocycles. The highest BCUT2D eigenvalue weighted by molar-refractivity contribution is 5.49. The van der Waals surface area contributed by atoms with E-state index >= 15 is 0 Å². The third-order valence-corrected chi connectivity index (χ3v) is 3.59. The van der Waals surface area contributed by atoms with Gasteiger partial charge in [-0.15, -0.1) is 0 Å². The van der Waals surface area contributed by atoms with Crippen LogP contribution in [0.1, 0.15) is 45.1 Å². The molecule has 20 heavy (non-hydrogen) atoms. The number of ether oxygens (including phenoxy) is 1. The van der Waals surface area contributed by atoms with Crippen LogP contribution in [-0.4, -0.2) is 24.6 Å². The molecule has 2 atom stereocenters. The molecule has 0 aromatic heterocycles. The molecule has 1 N–H and O–H groups in total. The molecule has 5 heteroatoms. The van der Waals surface area contributed by atoms with Crippen molar-refractivity contribution in [3.63, 3.8) is 0 Å². The Bertz CT molecular complexity index is 449. The summed E-state index contributed by atoms with van der Waals surface area (Å²) in [5.41, 5.74) is 1.09. The van der Waals surface area contributed by atoms with Crippen LogP contribution in [0.2, 0.25) is 0 Å². The van der Waals surface area contributed by atoms with E-state index in [1.807, 2.05) is 6.07 Å². The maximum atomic E-state index is 10.9. The minimum atomic E-state index is -0.414. The lowest BCUT2D eigenvalue weighted by atomic mass is 9.89. The fraction of sp³-hybridized carbons (Fsp3) is 0.600. The van der Waals surface area contributed by atoms with E-state index in [4.69, 9.17) is 4.74 Å². The molecule has 2 unspecified atom stereocenters. The predicted octanol–water partition coefficient (Wildman–Crippen LogP) is 3.49. The predicted molar refractivity (Wildman–Crippen MR) is 80.4 cm³/mol. The lowest BCUT2D eigenvalue weighted by Gasteiger charge is -2.24. The quantitative estimate of drug-likeness (QED) is 0.585. The van der Waals surface area contributed by atoms with Gasteiger partial charge in [-0.3, -0.25) is 10.1 Å². The third kappa shape index (κ3) is 3.93. The number of hydrogen-bond acceptors (Lipinski definition) is 4. The molecule has 1 aromatic carbocycles. The number of rotatable bonds is 8. The number of nitrogens with zero attached hydrogens (tertiary/aromatic N) is 1. The highest BCUT2D eigenvalue weighted by Gasteiger charge is 2.21. The maximum Gasteiger partial charge on any atom is 0.310 e.